The fourth-order valence-corrected chi connectivity index (χ4v) is 1.65. The maximum absolute atomic E-state index is 4.25. The highest BCUT2D eigenvalue weighted by Crippen LogP contribution is 2.27. The van der Waals surface area contributed by atoms with Crippen LogP contribution in [0.2, 0.25) is 0 Å². The quantitative estimate of drug-likeness (QED) is 0.438. The van der Waals surface area contributed by atoms with Gasteiger partial charge in [-0.15, -0.1) is 24.0 Å². The van der Waals surface area contributed by atoms with Crippen molar-refractivity contribution in [2.45, 2.75) is 52.5 Å². The van der Waals surface area contributed by atoms with Gasteiger partial charge in [-0.1, -0.05) is 13.8 Å². The van der Waals surface area contributed by atoms with Crippen molar-refractivity contribution in [3.63, 3.8) is 0 Å². The van der Waals surface area contributed by atoms with Crippen LogP contribution in [0.5, 0.6) is 0 Å². The number of halogens is 1. The number of aliphatic imine (C=N–C) groups is 1. The topological polar surface area (TPSA) is 36.4 Å². The van der Waals surface area contributed by atoms with Crippen LogP contribution in [0.15, 0.2) is 4.99 Å². The largest absolute Gasteiger partial charge is 0.356 e. The van der Waals surface area contributed by atoms with Crippen LogP contribution in [0.1, 0.15) is 46.5 Å². The first-order chi connectivity index (χ1) is 7.61. The smallest absolute Gasteiger partial charge is 0.191 e. The Morgan fingerprint density at radius 3 is 2.35 bits per heavy atom. The van der Waals surface area contributed by atoms with Crippen molar-refractivity contribution in [2.75, 3.05) is 13.6 Å². The van der Waals surface area contributed by atoms with Crippen molar-refractivity contribution in [1.29, 1.82) is 0 Å². The molecule has 1 atom stereocenters. The molecular formula is C13H28IN3. The van der Waals surface area contributed by atoms with Crippen molar-refractivity contribution in [3.8, 4) is 0 Å². The summed E-state index contributed by atoms with van der Waals surface area (Å²) in [6.07, 6.45) is 5.25. The van der Waals surface area contributed by atoms with E-state index in [2.05, 4.69) is 36.4 Å². The molecule has 0 aromatic heterocycles. The minimum Gasteiger partial charge on any atom is -0.356 e. The van der Waals surface area contributed by atoms with E-state index in [1.54, 1.807) is 0 Å². The van der Waals surface area contributed by atoms with Gasteiger partial charge in [0.25, 0.3) is 0 Å². The Balaban J connectivity index is 0.00000256. The van der Waals surface area contributed by atoms with Crippen LogP contribution >= 0.6 is 24.0 Å². The summed E-state index contributed by atoms with van der Waals surface area (Å²) in [6, 6.07) is 0.507. The van der Waals surface area contributed by atoms with Gasteiger partial charge in [0.05, 0.1) is 0 Å². The van der Waals surface area contributed by atoms with Gasteiger partial charge < -0.3 is 10.6 Å². The highest BCUT2D eigenvalue weighted by atomic mass is 127. The Bertz CT molecular complexity index is 225. The van der Waals surface area contributed by atoms with E-state index in [0.717, 1.165) is 24.3 Å². The van der Waals surface area contributed by atoms with Crippen molar-refractivity contribution in [2.24, 2.45) is 16.8 Å². The second-order valence-electron chi connectivity index (χ2n) is 5.41. The SMILES string of the molecule is CN=C(NCC1CC1)NC(C)CCC(C)C.I. The summed E-state index contributed by atoms with van der Waals surface area (Å²) in [7, 11) is 1.84. The Labute approximate surface area is 123 Å². The van der Waals surface area contributed by atoms with Gasteiger partial charge in [0.2, 0.25) is 0 Å². The third-order valence-corrected chi connectivity index (χ3v) is 3.04. The van der Waals surface area contributed by atoms with Crippen molar-refractivity contribution in [1.82, 2.24) is 10.6 Å². The summed E-state index contributed by atoms with van der Waals surface area (Å²) in [4.78, 5) is 4.25. The van der Waals surface area contributed by atoms with E-state index in [0.29, 0.717) is 6.04 Å². The van der Waals surface area contributed by atoms with Gasteiger partial charge in [0, 0.05) is 19.6 Å². The number of nitrogens with one attached hydrogen (secondary N) is 2. The van der Waals surface area contributed by atoms with Gasteiger partial charge in [-0.3, -0.25) is 4.99 Å². The maximum Gasteiger partial charge on any atom is 0.191 e. The van der Waals surface area contributed by atoms with Gasteiger partial charge >= 0.3 is 0 Å². The molecule has 0 aliphatic heterocycles. The molecule has 102 valence electrons. The Morgan fingerprint density at radius 2 is 1.88 bits per heavy atom. The van der Waals surface area contributed by atoms with E-state index >= 15 is 0 Å². The summed E-state index contributed by atoms with van der Waals surface area (Å²) in [6.45, 7) is 7.85. The zero-order chi connectivity index (χ0) is 12.0. The summed E-state index contributed by atoms with van der Waals surface area (Å²) in [5.74, 6) is 2.64. The fourth-order valence-electron chi connectivity index (χ4n) is 1.65. The summed E-state index contributed by atoms with van der Waals surface area (Å²) >= 11 is 0. The standard InChI is InChI=1S/C13H27N3.HI/c1-10(2)5-6-11(3)16-13(14-4)15-9-12-7-8-12;/h10-12H,5-9H2,1-4H3,(H2,14,15,16);1H. The van der Waals surface area contributed by atoms with Gasteiger partial charge in [-0.05, 0) is 44.4 Å². The molecule has 0 radical (unpaired) electrons. The average molecular weight is 353 g/mol. The summed E-state index contributed by atoms with van der Waals surface area (Å²) in [5.41, 5.74) is 0. The van der Waals surface area contributed by atoms with Crippen LogP contribution in [0.25, 0.3) is 0 Å². The second kappa shape index (κ2) is 9.00. The molecule has 1 unspecified atom stereocenters. The molecule has 0 aromatic carbocycles. The molecule has 1 aliphatic rings. The first-order valence-corrected chi connectivity index (χ1v) is 6.59. The molecule has 0 aromatic rings. The van der Waals surface area contributed by atoms with Crippen LogP contribution in [0.4, 0.5) is 0 Å². The van der Waals surface area contributed by atoms with Gasteiger partial charge in [0.15, 0.2) is 5.96 Å². The Hall–Kier alpha value is 0. The lowest BCUT2D eigenvalue weighted by Gasteiger charge is -2.18. The van der Waals surface area contributed by atoms with E-state index < -0.39 is 0 Å². The van der Waals surface area contributed by atoms with Crippen LogP contribution < -0.4 is 10.6 Å². The molecule has 17 heavy (non-hydrogen) atoms. The Morgan fingerprint density at radius 1 is 1.24 bits per heavy atom. The molecule has 0 bridgehead atoms. The zero-order valence-electron chi connectivity index (χ0n) is 11.6. The average Bonchev–Trinajstić information content (AvgIpc) is 3.05. The van der Waals surface area contributed by atoms with Gasteiger partial charge in [-0.25, -0.2) is 0 Å². The third kappa shape index (κ3) is 8.69. The van der Waals surface area contributed by atoms with Crippen molar-refractivity contribution < 1.29 is 0 Å². The molecule has 1 saturated carbocycles. The highest BCUT2D eigenvalue weighted by molar-refractivity contribution is 14.0. The van der Waals surface area contributed by atoms with E-state index in [1.807, 2.05) is 7.05 Å². The lowest BCUT2D eigenvalue weighted by Crippen LogP contribution is -2.43. The van der Waals surface area contributed by atoms with Gasteiger partial charge in [-0.2, -0.15) is 0 Å². The summed E-state index contributed by atoms with van der Waals surface area (Å²) in [5, 5.41) is 6.83. The molecule has 0 spiro atoms. The molecule has 0 heterocycles. The van der Waals surface area contributed by atoms with E-state index in [1.165, 1.54) is 25.7 Å². The molecule has 1 aliphatic carbocycles. The predicted octanol–water partition coefficient (Wildman–Crippen LogP) is 3.00. The van der Waals surface area contributed by atoms with Crippen molar-refractivity contribution >= 4 is 29.9 Å². The molecule has 4 heteroatoms. The van der Waals surface area contributed by atoms with E-state index in [-0.39, 0.29) is 24.0 Å². The first kappa shape index (κ1) is 17.0. The molecule has 0 amide bonds. The number of guanidine groups is 1. The number of hydrogen-bond acceptors (Lipinski definition) is 1. The molecule has 2 N–H and O–H groups in total. The lowest BCUT2D eigenvalue weighted by atomic mass is 10.0. The zero-order valence-corrected chi connectivity index (χ0v) is 14.0. The van der Waals surface area contributed by atoms with E-state index in [9.17, 15) is 0 Å². The van der Waals surface area contributed by atoms with Crippen LogP contribution in [0.3, 0.4) is 0 Å². The molecule has 1 fully saturated rings. The first-order valence-electron chi connectivity index (χ1n) is 6.59. The number of hydrogen-bond donors (Lipinski definition) is 2. The third-order valence-electron chi connectivity index (χ3n) is 3.04. The van der Waals surface area contributed by atoms with Crippen LogP contribution in [-0.2, 0) is 0 Å². The molecule has 3 nitrogen and oxygen atoms in total. The molecular weight excluding hydrogens is 325 g/mol. The monoisotopic (exact) mass is 353 g/mol. The minimum absolute atomic E-state index is 0. The Kier molecular flexibility index (Phi) is 9.00. The molecule has 1 rings (SSSR count). The maximum atomic E-state index is 4.25. The van der Waals surface area contributed by atoms with Gasteiger partial charge in [0.1, 0.15) is 0 Å². The van der Waals surface area contributed by atoms with Crippen LogP contribution in [0, 0.1) is 11.8 Å². The van der Waals surface area contributed by atoms with Crippen LogP contribution in [-0.4, -0.2) is 25.6 Å². The lowest BCUT2D eigenvalue weighted by molar-refractivity contribution is 0.488. The fraction of sp³-hybridized carbons (Fsp3) is 0.923. The van der Waals surface area contributed by atoms with E-state index in [4.69, 9.17) is 0 Å². The molecule has 0 saturated heterocycles. The summed E-state index contributed by atoms with van der Waals surface area (Å²) < 4.78 is 0. The predicted molar refractivity (Wildman–Crippen MR) is 86.2 cm³/mol. The number of nitrogens with zero attached hydrogens (tertiary/aromatic N) is 1. The normalized spacial score (nSPS) is 17.6. The van der Waals surface area contributed by atoms with Crippen molar-refractivity contribution in [3.05, 3.63) is 0 Å². The number of rotatable bonds is 6. The second-order valence-corrected chi connectivity index (χ2v) is 5.41. The highest BCUT2D eigenvalue weighted by Gasteiger charge is 2.21. The minimum atomic E-state index is 0.